The van der Waals surface area contributed by atoms with Gasteiger partial charge in [-0.1, -0.05) is 18.9 Å². The SMILES string of the molecule is CC(=O)NC[C@H]1CN(C23CCCCCC(F)(C2)c2cc3ccc2N2CCOCC2)C(=O)O1. The molecule has 3 fully saturated rings. The smallest absolute Gasteiger partial charge is 0.411 e. The summed E-state index contributed by atoms with van der Waals surface area (Å²) in [5.74, 6) is -0.160. The Labute approximate surface area is 188 Å². The number of ether oxygens (including phenoxy) is 2. The largest absolute Gasteiger partial charge is 0.442 e. The molecule has 0 aromatic heterocycles. The van der Waals surface area contributed by atoms with E-state index in [1.807, 2.05) is 12.1 Å². The summed E-state index contributed by atoms with van der Waals surface area (Å²) in [6.07, 6.45) is 3.35. The molecule has 1 saturated carbocycles. The fraction of sp³-hybridized carbons (Fsp3) is 0.667. The van der Waals surface area contributed by atoms with E-state index in [4.69, 9.17) is 9.47 Å². The minimum absolute atomic E-state index is 0.160. The molecule has 1 aromatic rings. The predicted molar refractivity (Wildman–Crippen MR) is 117 cm³/mol. The molecular weight excluding hydrogens is 413 g/mol. The highest BCUT2D eigenvalue weighted by Gasteiger charge is 2.56. The number of rotatable bonds is 4. The van der Waals surface area contributed by atoms with E-state index in [0.717, 1.165) is 55.6 Å². The van der Waals surface area contributed by atoms with Crippen LogP contribution in [0.5, 0.6) is 0 Å². The van der Waals surface area contributed by atoms with E-state index < -0.39 is 23.4 Å². The van der Waals surface area contributed by atoms with Crippen molar-refractivity contribution in [2.24, 2.45) is 0 Å². The summed E-state index contributed by atoms with van der Waals surface area (Å²) in [6, 6.07) is 6.12. The van der Waals surface area contributed by atoms with Gasteiger partial charge in [-0.3, -0.25) is 9.69 Å². The first kappa shape index (κ1) is 21.5. The van der Waals surface area contributed by atoms with Crippen LogP contribution in [0.25, 0.3) is 0 Å². The zero-order valence-corrected chi connectivity index (χ0v) is 18.7. The average molecular weight is 446 g/mol. The first-order chi connectivity index (χ1) is 15.4. The van der Waals surface area contributed by atoms with Crippen LogP contribution < -0.4 is 10.2 Å². The first-order valence-electron chi connectivity index (χ1n) is 11.8. The molecule has 1 aromatic carbocycles. The second-order valence-corrected chi connectivity index (χ2v) is 9.62. The van der Waals surface area contributed by atoms with Crippen molar-refractivity contribution in [3.8, 4) is 0 Å². The number of hydrogen-bond donors (Lipinski definition) is 1. The lowest BCUT2D eigenvalue weighted by Gasteiger charge is -2.50. The zero-order chi connectivity index (χ0) is 22.3. The maximum Gasteiger partial charge on any atom is 0.411 e. The van der Waals surface area contributed by atoms with Crippen molar-refractivity contribution in [3.05, 3.63) is 29.3 Å². The van der Waals surface area contributed by atoms with Gasteiger partial charge in [-0.2, -0.15) is 0 Å². The van der Waals surface area contributed by atoms with Gasteiger partial charge in [0.05, 0.1) is 31.8 Å². The van der Waals surface area contributed by atoms with E-state index in [0.29, 0.717) is 26.2 Å². The number of carbonyl (C=O) groups excluding carboxylic acids is 2. The molecule has 7 nitrogen and oxygen atoms in total. The van der Waals surface area contributed by atoms with E-state index in [-0.39, 0.29) is 18.9 Å². The van der Waals surface area contributed by atoms with Gasteiger partial charge in [0.15, 0.2) is 0 Å². The second-order valence-electron chi connectivity index (χ2n) is 9.62. The van der Waals surface area contributed by atoms with Crippen molar-refractivity contribution in [3.63, 3.8) is 0 Å². The number of nitrogens with one attached hydrogen (secondary N) is 1. The lowest BCUT2D eigenvalue weighted by Crippen LogP contribution is -2.53. The first-order valence-corrected chi connectivity index (χ1v) is 11.8. The molecule has 32 heavy (non-hydrogen) atoms. The molecule has 0 radical (unpaired) electrons. The number of alkyl halides is 1. The lowest BCUT2D eigenvalue weighted by molar-refractivity contribution is -0.119. The Hall–Kier alpha value is -2.35. The molecule has 1 N–H and O–H groups in total. The molecule has 2 saturated heterocycles. The van der Waals surface area contributed by atoms with Crippen molar-refractivity contribution < 1.29 is 23.5 Å². The number of anilines is 1. The maximum atomic E-state index is 16.9. The Morgan fingerprint density at radius 2 is 2.00 bits per heavy atom. The molecule has 8 heteroatoms. The normalized spacial score (nSPS) is 32.2. The highest BCUT2D eigenvalue weighted by Crippen LogP contribution is 2.56. The highest BCUT2D eigenvalue weighted by molar-refractivity contribution is 5.74. The molecule has 2 heterocycles. The van der Waals surface area contributed by atoms with Crippen molar-refractivity contribution in [2.45, 2.75) is 62.8 Å². The Balaban J connectivity index is 1.52. The van der Waals surface area contributed by atoms with Crippen LogP contribution in [0.3, 0.4) is 0 Å². The highest BCUT2D eigenvalue weighted by atomic mass is 19.1. The van der Waals surface area contributed by atoms with E-state index >= 15 is 4.39 Å². The van der Waals surface area contributed by atoms with Crippen molar-refractivity contribution in [2.75, 3.05) is 44.3 Å². The van der Waals surface area contributed by atoms with Crippen LogP contribution in [0.15, 0.2) is 18.2 Å². The number of benzene rings is 1. The summed E-state index contributed by atoms with van der Waals surface area (Å²) in [5.41, 5.74) is 0.515. The van der Waals surface area contributed by atoms with E-state index in [1.54, 1.807) is 4.90 Å². The van der Waals surface area contributed by atoms with Gasteiger partial charge in [-0.05, 0) is 37.0 Å². The predicted octanol–water partition coefficient (Wildman–Crippen LogP) is 3.21. The van der Waals surface area contributed by atoms with Crippen LogP contribution in [-0.2, 0) is 25.5 Å². The van der Waals surface area contributed by atoms with E-state index in [9.17, 15) is 9.59 Å². The third-order valence-corrected chi connectivity index (χ3v) is 7.57. The van der Waals surface area contributed by atoms with Crippen LogP contribution in [-0.4, -0.2) is 62.4 Å². The van der Waals surface area contributed by atoms with Gasteiger partial charge in [-0.15, -0.1) is 0 Å². The van der Waals surface area contributed by atoms with Gasteiger partial charge in [0.1, 0.15) is 11.8 Å². The van der Waals surface area contributed by atoms with Gasteiger partial charge < -0.3 is 19.7 Å². The zero-order valence-electron chi connectivity index (χ0n) is 18.7. The summed E-state index contributed by atoms with van der Waals surface area (Å²) in [5, 5.41) is 2.73. The molecule has 0 spiro atoms. The summed E-state index contributed by atoms with van der Waals surface area (Å²) in [6.45, 7) is 4.90. The maximum absolute atomic E-state index is 16.9. The molecule has 2 aliphatic heterocycles. The summed E-state index contributed by atoms with van der Waals surface area (Å²) < 4.78 is 28.0. The number of carbonyl (C=O) groups is 2. The summed E-state index contributed by atoms with van der Waals surface area (Å²) in [7, 11) is 0. The van der Waals surface area contributed by atoms with Crippen LogP contribution in [0, 0.1) is 0 Å². The lowest BCUT2D eigenvalue weighted by atomic mass is 9.65. The third kappa shape index (κ3) is 3.62. The van der Waals surface area contributed by atoms with Gasteiger partial charge in [0.25, 0.3) is 0 Å². The Bertz CT molecular complexity index is 905. The van der Waals surface area contributed by atoms with Crippen molar-refractivity contribution in [1.82, 2.24) is 10.2 Å². The van der Waals surface area contributed by atoms with Crippen LogP contribution in [0.4, 0.5) is 14.9 Å². The average Bonchev–Trinajstić information content (AvgIpc) is 3.16. The number of morpholine rings is 1. The number of cyclic esters (lactones) is 1. The molecule has 3 atom stereocenters. The summed E-state index contributed by atoms with van der Waals surface area (Å²) in [4.78, 5) is 28.3. The second kappa shape index (κ2) is 8.21. The fourth-order valence-electron chi connectivity index (χ4n) is 6.00. The van der Waals surface area contributed by atoms with Crippen molar-refractivity contribution >= 4 is 17.7 Å². The molecule has 174 valence electrons. The molecule has 4 aliphatic rings. The van der Waals surface area contributed by atoms with Gasteiger partial charge in [0.2, 0.25) is 5.91 Å². The minimum Gasteiger partial charge on any atom is -0.442 e. The Morgan fingerprint density at radius 1 is 1.22 bits per heavy atom. The quantitative estimate of drug-likeness (QED) is 0.771. The Kier molecular flexibility index (Phi) is 5.51. The number of halogens is 1. The van der Waals surface area contributed by atoms with Gasteiger partial charge in [0, 0.05) is 37.7 Å². The molecule has 2 unspecified atom stereocenters. The van der Waals surface area contributed by atoms with Crippen molar-refractivity contribution in [1.29, 1.82) is 0 Å². The molecular formula is C24H32FN3O4. The number of fused-ring (bicyclic) bond motifs is 6. The summed E-state index contributed by atoms with van der Waals surface area (Å²) >= 11 is 0. The molecule has 2 aliphatic carbocycles. The van der Waals surface area contributed by atoms with E-state index in [2.05, 4.69) is 16.3 Å². The number of amides is 2. The van der Waals surface area contributed by atoms with Crippen LogP contribution in [0.2, 0.25) is 0 Å². The third-order valence-electron chi connectivity index (χ3n) is 7.57. The minimum atomic E-state index is -1.49. The van der Waals surface area contributed by atoms with Gasteiger partial charge in [-0.25, -0.2) is 9.18 Å². The number of nitrogens with zero attached hydrogens (tertiary/aromatic N) is 2. The number of hydrogen-bond acceptors (Lipinski definition) is 5. The van der Waals surface area contributed by atoms with Crippen LogP contribution >= 0.6 is 0 Å². The monoisotopic (exact) mass is 445 g/mol. The molecule has 5 rings (SSSR count). The fourth-order valence-corrected chi connectivity index (χ4v) is 6.00. The molecule has 4 bridgehead atoms. The van der Waals surface area contributed by atoms with Gasteiger partial charge >= 0.3 is 6.09 Å². The standard InChI is InChI=1S/C24H32FN3O4/c1-17(29)26-14-19-15-28(22(30)32-19)24-8-4-2-3-7-23(25,16-24)20-13-18(24)5-6-21(20)27-9-11-31-12-10-27/h5-6,13,19H,2-4,7-12,14-16H2,1H3,(H,26,29)/t19-,23?,24?/m0/s1. The van der Waals surface area contributed by atoms with E-state index in [1.165, 1.54) is 6.92 Å². The topological polar surface area (TPSA) is 71.1 Å². The van der Waals surface area contributed by atoms with Crippen LogP contribution in [0.1, 0.15) is 56.6 Å². The molecule has 2 amide bonds. The Morgan fingerprint density at radius 3 is 2.78 bits per heavy atom.